The first kappa shape index (κ1) is 21.9. The zero-order valence-corrected chi connectivity index (χ0v) is 18.5. The number of benzene rings is 3. The Balaban J connectivity index is 1.70. The molecular formula is C26H25ClN2O3. The molecular weight excluding hydrogens is 424 g/mol. The standard InChI is InChI=1S/C26H25ClN2O3/c1-31-26(30)24(23-13-8-18-29(32-23)22-11-6-3-7-12-22)25(19-14-16-20(27)17-15-19)28-21-9-4-2-5-10-21/h2-17,23-25,28H,18H2,1H3/t23-,24+,25+/m1/s1. The molecule has 1 aliphatic heterocycles. The average Bonchev–Trinajstić information content (AvgIpc) is 2.85. The van der Waals surface area contributed by atoms with Gasteiger partial charge in [-0.3, -0.25) is 9.63 Å². The molecule has 0 fully saturated rings. The minimum Gasteiger partial charge on any atom is -0.469 e. The predicted octanol–water partition coefficient (Wildman–Crippen LogP) is 5.66. The maximum absolute atomic E-state index is 13.1. The first-order valence-electron chi connectivity index (χ1n) is 10.5. The van der Waals surface area contributed by atoms with E-state index in [4.69, 9.17) is 21.2 Å². The first-order chi connectivity index (χ1) is 15.7. The quantitative estimate of drug-likeness (QED) is 0.373. The highest BCUT2D eigenvalue weighted by atomic mass is 35.5. The van der Waals surface area contributed by atoms with Gasteiger partial charge in [0, 0.05) is 10.7 Å². The van der Waals surface area contributed by atoms with Crippen molar-refractivity contribution in [1.82, 2.24) is 0 Å². The van der Waals surface area contributed by atoms with Crippen LogP contribution in [0.1, 0.15) is 11.6 Å². The van der Waals surface area contributed by atoms with Crippen molar-refractivity contribution in [3.8, 4) is 0 Å². The third-order valence-corrected chi connectivity index (χ3v) is 5.65. The Bertz CT molecular complexity index is 1040. The van der Waals surface area contributed by atoms with E-state index in [-0.39, 0.29) is 5.97 Å². The van der Waals surface area contributed by atoms with Crippen LogP contribution in [0.15, 0.2) is 97.1 Å². The smallest absolute Gasteiger partial charge is 0.314 e. The van der Waals surface area contributed by atoms with E-state index in [0.29, 0.717) is 11.6 Å². The molecule has 0 aromatic heterocycles. The van der Waals surface area contributed by atoms with E-state index < -0.39 is 18.1 Å². The number of rotatable bonds is 7. The number of anilines is 2. The number of methoxy groups -OCH3 is 1. The van der Waals surface area contributed by atoms with Crippen LogP contribution in [-0.4, -0.2) is 25.7 Å². The molecule has 3 atom stereocenters. The molecule has 1 heterocycles. The second kappa shape index (κ2) is 10.4. The van der Waals surface area contributed by atoms with Crippen molar-refractivity contribution in [1.29, 1.82) is 0 Å². The highest BCUT2D eigenvalue weighted by molar-refractivity contribution is 6.30. The van der Waals surface area contributed by atoms with E-state index in [9.17, 15) is 4.79 Å². The zero-order valence-electron chi connectivity index (χ0n) is 17.7. The summed E-state index contributed by atoms with van der Waals surface area (Å²) in [7, 11) is 1.40. The zero-order chi connectivity index (χ0) is 22.3. The van der Waals surface area contributed by atoms with Gasteiger partial charge in [0.05, 0.1) is 25.4 Å². The van der Waals surface area contributed by atoms with Crippen LogP contribution in [0.5, 0.6) is 0 Å². The van der Waals surface area contributed by atoms with Gasteiger partial charge in [-0.1, -0.05) is 72.3 Å². The fraction of sp³-hybridized carbons (Fsp3) is 0.192. The lowest BCUT2D eigenvalue weighted by Crippen LogP contribution is -2.44. The summed E-state index contributed by atoms with van der Waals surface area (Å²) >= 11 is 6.13. The maximum atomic E-state index is 13.1. The van der Waals surface area contributed by atoms with Crippen LogP contribution in [0.25, 0.3) is 0 Å². The molecule has 0 bridgehead atoms. The number of carbonyl (C=O) groups excluding carboxylic acids is 1. The number of nitrogens with one attached hydrogen (secondary N) is 1. The number of nitrogens with zero attached hydrogens (tertiary/aromatic N) is 1. The van der Waals surface area contributed by atoms with Crippen molar-refractivity contribution >= 4 is 28.9 Å². The van der Waals surface area contributed by atoms with Gasteiger partial charge >= 0.3 is 5.97 Å². The van der Waals surface area contributed by atoms with E-state index in [0.717, 1.165) is 16.9 Å². The third-order valence-electron chi connectivity index (χ3n) is 5.40. The van der Waals surface area contributed by atoms with Crippen molar-refractivity contribution in [3.63, 3.8) is 0 Å². The SMILES string of the molecule is COC(=O)[C@@H]([C@H]1C=CCN(c2ccccc2)O1)[C@@H](Nc1ccccc1)c1ccc(Cl)cc1. The van der Waals surface area contributed by atoms with E-state index in [1.165, 1.54) is 7.11 Å². The molecule has 32 heavy (non-hydrogen) atoms. The summed E-state index contributed by atoms with van der Waals surface area (Å²) in [6.45, 7) is 0.589. The lowest BCUT2D eigenvalue weighted by Gasteiger charge is -2.37. The van der Waals surface area contributed by atoms with Crippen LogP contribution >= 0.6 is 11.6 Å². The summed E-state index contributed by atoms with van der Waals surface area (Å²) in [5.41, 5.74) is 2.72. The molecule has 0 amide bonds. The highest BCUT2D eigenvalue weighted by Crippen LogP contribution is 2.34. The van der Waals surface area contributed by atoms with Gasteiger partial charge in [-0.2, -0.15) is 0 Å². The number of halogens is 1. The normalized spacial score (nSPS) is 17.4. The van der Waals surface area contributed by atoms with Crippen molar-refractivity contribution in [2.24, 2.45) is 5.92 Å². The summed E-state index contributed by atoms with van der Waals surface area (Å²) in [6, 6.07) is 26.6. The van der Waals surface area contributed by atoms with Crippen molar-refractivity contribution in [2.75, 3.05) is 24.0 Å². The molecule has 0 spiro atoms. The Morgan fingerprint density at radius 1 is 1.03 bits per heavy atom. The predicted molar refractivity (Wildman–Crippen MR) is 128 cm³/mol. The minimum atomic E-state index is -0.649. The van der Waals surface area contributed by atoms with Crippen molar-refractivity contribution in [3.05, 3.63) is 108 Å². The van der Waals surface area contributed by atoms with Crippen LogP contribution in [0.3, 0.4) is 0 Å². The molecule has 0 aliphatic carbocycles. The molecule has 1 N–H and O–H groups in total. The Hall–Kier alpha value is -3.28. The van der Waals surface area contributed by atoms with E-state index in [1.54, 1.807) is 5.06 Å². The Morgan fingerprint density at radius 2 is 1.69 bits per heavy atom. The van der Waals surface area contributed by atoms with Crippen LogP contribution in [-0.2, 0) is 14.4 Å². The molecule has 0 saturated carbocycles. The number of hydroxylamine groups is 1. The second-order valence-corrected chi connectivity index (χ2v) is 7.92. The summed E-state index contributed by atoms with van der Waals surface area (Å²) in [5.74, 6) is -1.01. The third kappa shape index (κ3) is 5.13. The molecule has 5 nitrogen and oxygen atoms in total. The number of carbonyl (C=O) groups is 1. The molecule has 1 aliphatic rings. The summed E-state index contributed by atoms with van der Waals surface area (Å²) < 4.78 is 5.23. The van der Waals surface area contributed by atoms with Gasteiger partial charge < -0.3 is 10.1 Å². The largest absolute Gasteiger partial charge is 0.469 e. The molecule has 164 valence electrons. The number of para-hydroxylation sites is 2. The Kier molecular flexibility index (Phi) is 7.10. The number of ether oxygens (including phenoxy) is 1. The molecule has 3 aromatic carbocycles. The minimum absolute atomic E-state index is 0.363. The Labute approximate surface area is 193 Å². The lowest BCUT2D eigenvalue weighted by molar-refractivity contribution is -0.151. The van der Waals surface area contributed by atoms with Gasteiger partial charge in [-0.25, -0.2) is 5.06 Å². The first-order valence-corrected chi connectivity index (χ1v) is 10.8. The molecule has 4 rings (SSSR count). The van der Waals surface area contributed by atoms with Crippen LogP contribution < -0.4 is 10.4 Å². The number of esters is 1. The average molecular weight is 449 g/mol. The van der Waals surface area contributed by atoms with Crippen molar-refractivity contribution in [2.45, 2.75) is 12.1 Å². The molecule has 0 radical (unpaired) electrons. The fourth-order valence-electron chi connectivity index (χ4n) is 3.82. The fourth-order valence-corrected chi connectivity index (χ4v) is 3.95. The lowest BCUT2D eigenvalue weighted by atomic mass is 9.87. The van der Waals surface area contributed by atoms with Gasteiger partial charge in [0.25, 0.3) is 0 Å². The second-order valence-electron chi connectivity index (χ2n) is 7.48. The topological polar surface area (TPSA) is 50.8 Å². The van der Waals surface area contributed by atoms with Crippen LogP contribution in [0, 0.1) is 5.92 Å². The van der Waals surface area contributed by atoms with Gasteiger partial charge in [-0.15, -0.1) is 0 Å². The van der Waals surface area contributed by atoms with E-state index in [2.05, 4.69) is 5.32 Å². The molecule has 0 unspecified atom stereocenters. The van der Waals surface area contributed by atoms with Crippen molar-refractivity contribution < 1.29 is 14.4 Å². The van der Waals surface area contributed by atoms with Crippen LogP contribution in [0.4, 0.5) is 11.4 Å². The van der Waals surface area contributed by atoms with E-state index in [1.807, 2.05) is 97.1 Å². The van der Waals surface area contributed by atoms with Gasteiger partial charge in [0.15, 0.2) is 0 Å². The van der Waals surface area contributed by atoms with Gasteiger partial charge in [-0.05, 0) is 42.0 Å². The molecule has 6 heteroatoms. The maximum Gasteiger partial charge on any atom is 0.314 e. The van der Waals surface area contributed by atoms with Gasteiger partial charge in [0.1, 0.15) is 12.0 Å². The monoisotopic (exact) mass is 448 g/mol. The summed E-state index contributed by atoms with van der Waals surface area (Å²) in [5, 5.41) is 5.93. The number of hydrogen-bond donors (Lipinski definition) is 1. The summed E-state index contributed by atoms with van der Waals surface area (Å²) in [4.78, 5) is 19.4. The summed E-state index contributed by atoms with van der Waals surface area (Å²) in [6.07, 6.45) is 3.41. The molecule has 3 aromatic rings. The highest BCUT2D eigenvalue weighted by Gasteiger charge is 2.39. The van der Waals surface area contributed by atoms with Gasteiger partial charge in [0.2, 0.25) is 0 Å². The molecule has 0 saturated heterocycles. The Morgan fingerprint density at radius 3 is 2.34 bits per heavy atom. The van der Waals surface area contributed by atoms with Crippen LogP contribution in [0.2, 0.25) is 5.02 Å². The number of hydrogen-bond acceptors (Lipinski definition) is 5. The van der Waals surface area contributed by atoms with E-state index >= 15 is 0 Å².